The molecule has 0 aliphatic carbocycles. The van der Waals surface area contributed by atoms with Crippen LogP contribution in [0.4, 0.5) is 4.39 Å². The summed E-state index contributed by atoms with van der Waals surface area (Å²) in [7, 11) is -1.00. The number of carboxylic acid groups (broad SMARTS) is 1. The zero-order valence-electron chi connectivity index (χ0n) is 21.5. The summed E-state index contributed by atoms with van der Waals surface area (Å²) in [4.78, 5) is 26.0. The van der Waals surface area contributed by atoms with Crippen LogP contribution >= 0.6 is 69.3 Å². The van der Waals surface area contributed by atoms with Crippen molar-refractivity contribution in [3.05, 3.63) is 96.8 Å². The number of hydrogen-bond donors (Lipinski definition) is 2. The Balaban J connectivity index is 0.000000222. The predicted octanol–water partition coefficient (Wildman–Crippen LogP) is 9.52. The minimum Gasteiger partial charge on any atom is -0.507 e. The van der Waals surface area contributed by atoms with E-state index in [1.165, 1.54) is 17.4 Å². The van der Waals surface area contributed by atoms with Crippen molar-refractivity contribution < 1.29 is 42.3 Å². The SMILES string of the molecule is Clc1nc(Cl)c2oc3ccccc3c2n1.O=C(O)c1cccs1.Oc1ccccc1-c1nc(Cl)nc(Cl)c1Cl.[2H]CF.[Cu]. The minimum atomic E-state index is -1.00. The first-order valence-electron chi connectivity index (χ1n) is 11.6. The summed E-state index contributed by atoms with van der Waals surface area (Å²) in [6, 6.07) is 17.5. The number of alkyl halides is 1. The number of carbonyl (C=O) groups is 1. The molecule has 0 saturated carbocycles. The van der Waals surface area contributed by atoms with Crippen LogP contribution in [-0.2, 0) is 17.1 Å². The number of nitrogens with zero attached hydrogens (tertiary/aromatic N) is 4. The smallest absolute Gasteiger partial charge is 0.345 e. The molecule has 8 nitrogen and oxygen atoms in total. The van der Waals surface area contributed by atoms with Crippen LogP contribution in [0.5, 0.6) is 5.75 Å². The molecule has 0 bridgehead atoms. The zero-order chi connectivity index (χ0) is 30.8. The average Bonchev–Trinajstić information content (AvgIpc) is 3.62. The zero-order valence-corrected chi connectivity index (χ0v) is 26.1. The molecule has 0 amide bonds. The molecular weight excluding hydrogens is 724 g/mol. The largest absolute Gasteiger partial charge is 0.507 e. The molecule has 42 heavy (non-hydrogen) atoms. The maximum Gasteiger partial charge on any atom is 0.345 e. The van der Waals surface area contributed by atoms with Crippen LogP contribution in [0, 0.1) is 0 Å². The number of thiophene rings is 1. The summed E-state index contributed by atoms with van der Waals surface area (Å²) >= 11 is 30.3. The van der Waals surface area contributed by atoms with E-state index in [-0.39, 0.29) is 48.7 Å². The van der Waals surface area contributed by atoms with Crippen LogP contribution in [0.15, 0.2) is 70.5 Å². The van der Waals surface area contributed by atoms with E-state index in [0.29, 0.717) is 27.2 Å². The minimum absolute atomic E-state index is 0. The molecule has 0 atom stereocenters. The number of hydrogen-bond acceptors (Lipinski definition) is 8. The van der Waals surface area contributed by atoms with Crippen molar-refractivity contribution in [2.45, 2.75) is 0 Å². The van der Waals surface area contributed by atoms with Gasteiger partial charge in [-0.3, -0.25) is 4.39 Å². The van der Waals surface area contributed by atoms with E-state index in [1.807, 2.05) is 24.3 Å². The van der Waals surface area contributed by atoms with Gasteiger partial charge in [-0.1, -0.05) is 65.1 Å². The number of carboxylic acids is 1. The summed E-state index contributed by atoms with van der Waals surface area (Å²) in [5, 5.41) is 21.1. The van der Waals surface area contributed by atoms with E-state index < -0.39 is 13.1 Å². The fourth-order valence-electron chi connectivity index (χ4n) is 3.18. The molecule has 0 spiro atoms. The number of rotatable bonds is 2. The Morgan fingerprint density at radius 3 is 2.14 bits per heavy atom. The molecule has 4 aromatic heterocycles. The maximum atomic E-state index is 10.1. The fraction of sp³-hybridized carbons (Fsp3) is 0.0385. The van der Waals surface area contributed by atoms with Gasteiger partial charge in [-0.2, -0.15) is 0 Å². The Hall–Kier alpha value is -2.73. The summed E-state index contributed by atoms with van der Waals surface area (Å²) in [5.74, 6) is -0.796. The van der Waals surface area contributed by atoms with Crippen molar-refractivity contribution in [3.8, 4) is 17.0 Å². The third-order valence-corrected chi connectivity index (χ3v) is 7.01. The van der Waals surface area contributed by atoms with Gasteiger partial charge in [-0.15, -0.1) is 11.3 Å². The number of phenolic OH excluding ortho intramolecular Hbond substituents is 1. The first kappa shape index (κ1) is 33.8. The number of benzene rings is 2. The van der Waals surface area contributed by atoms with Crippen LogP contribution in [0.3, 0.4) is 0 Å². The van der Waals surface area contributed by atoms with Crippen molar-refractivity contribution in [3.63, 3.8) is 0 Å². The quantitative estimate of drug-likeness (QED) is 0.102. The monoisotopic (exact) mass is 738 g/mol. The Labute approximate surface area is 278 Å². The normalized spacial score (nSPS) is 10.2. The van der Waals surface area contributed by atoms with E-state index in [1.54, 1.807) is 35.7 Å². The molecule has 0 saturated heterocycles. The molecule has 16 heteroatoms. The van der Waals surface area contributed by atoms with E-state index in [0.717, 1.165) is 11.0 Å². The third kappa shape index (κ3) is 8.89. The van der Waals surface area contributed by atoms with Crippen LogP contribution in [0.1, 0.15) is 11.0 Å². The van der Waals surface area contributed by atoms with Crippen molar-refractivity contribution >= 4 is 97.4 Å². The summed E-state index contributed by atoms with van der Waals surface area (Å²) in [6.45, 7) is 0. The van der Waals surface area contributed by atoms with Gasteiger partial charge in [-0.05, 0) is 58.9 Å². The maximum absolute atomic E-state index is 10.1. The van der Waals surface area contributed by atoms with Gasteiger partial charge >= 0.3 is 5.97 Å². The van der Waals surface area contributed by atoms with Crippen molar-refractivity contribution in [1.29, 1.82) is 0 Å². The third-order valence-electron chi connectivity index (χ3n) is 4.83. The molecule has 6 rings (SSSR count). The summed E-state index contributed by atoms with van der Waals surface area (Å²) in [5.41, 5.74) is 2.62. The van der Waals surface area contributed by atoms with Crippen molar-refractivity contribution in [2.24, 2.45) is 0 Å². The molecule has 2 N–H and O–H groups in total. The second-order valence-electron chi connectivity index (χ2n) is 7.31. The van der Waals surface area contributed by atoms with Gasteiger partial charge in [0.05, 0.1) is 14.2 Å². The van der Waals surface area contributed by atoms with Crippen LogP contribution < -0.4 is 0 Å². The van der Waals surface area contributed by atoms with Gasteiger partial charge in [0.25, 0.3) is 0 Å². The summed E-state index contributed by atoms with van der Waals surface area (Å²) in [6.07, 6.45) is 0. The number of halogens is 6. The van der Waals surface area contributed by atoms with Crippen molar-refractivity contribution in [2.75, 3.05) is 7.15 Å². The second kappa shape index (κ2) is 16.8. The van der Waals surface area contributed by atoms with E-state index >= 15 is 0 Å². The standard InChI is InChI=1S/C10H5Cl3N2O.C10H4Cl2N2O.C5H4O2S.CH3F.Cu/c11-7-8(14-10(13)15-9(7)12)5-3-1-2-4-6(5)16;11-9-8-7(13-10(12)14-9)5-3-1-2-4-6(5)15-8;6-5(7)4-2-1-3-8-4;1-2;/h1-4,16H;1-4H;1-3H,(H,6,7);1H3;/i;;;1D;. The van der Waals surface area contributed by atoms with E-state index in [4.69, 9.17) is 68.9 Å². The van der Waals surface area contributed by atoms with E-state index in [9.17, 15) is 14.3 Å². The number of aromatic carboxylic acids is 1. The Morgan fingerprint density at radius 2 is 1.52 bits per heavy atom. The molecule has 0 unspecified atom stereocenters. The molecule has 6 aromatic rings. The Morgan fingerprint density at radius 1 is 0.905 bits per heavy atom. The molecule has 1 radical (unpaired) electrons. The molecule has 223 valence electrons. The molecule has 0 aliphatic rings. The number of phenols is 1. The molecule has 0 aliphatic heterocycles. The van der Waals surface area contributed by atoms with Gasteiger partial charge in [0, 0.05) is 28.0 Å². The number of furan rings is 1. The Bertz CT molecular complexity index is 1820. The van der Waals surface area contributed by atoms with Crippen LogP contribution in [-0.4, -0.2) is 43.3 Å². The van der Waals surface area contributed by atoms with Gasteiger partial charge in [0.15, 0.2) is 15.9 Å². The summed E-state index contributed by atoms with van der Waals surface area (Å²) < 4.78 is 21.0. The number of para-hydroxylation sites is 2. The molecule has 0 fully saturated rings. The van der Waals surface area contributed by atoms with Crippen LogP contribution in [0.2, 0.25) is 25.9 Å². The first-order valence-corrected chi connectivity index (χ1v) is 13.6. The molecular formula is C26H16Cl5CuFN4O4S. The number of fused-ring (bicyclic) bond motifs is 3. The first-order chi connectivity index (χ1) is 20.1. The number of aromatic nitrogens is 4. The van der Waals surface area contributed by atoms with Gasteiger partial charge in [0.1, 0.15) is 26.7 Å². The van der Waals surface area contributed by atoms with Gasteiger partial charge < -0.3 is 14.6 Å². The van der Waals surface area contributed by atoms with Gasteiger partial charge in [0.2, 0.25) is 10.6 Å². The van der Waals surface area contributed by atoms with Crippen LogP contribution in [0.25, 0.3) is 33.3 Å². The topological polar surface area (TPSA) is 122 Å². The van der Waals surface area contributed by atoms with E-state index in [2.05, 4.69) is 19.9 Å². The fourth-order valence-corrected chi connectivity index (χ4v) is 4.73. The van der Waals surface area contributed by atoms with Crippen molar-refractivity contribution in [1.82, 2.24) is 19.9 Å². The molecule has 4 heterocycles. The predicted molar refractivity (Wildman–Crippen MR) is 162 cm³/mol. The molecule has 2 aromatic carbocycles. The Kier molecular flexibility index (Phi) is 13.5. The average molecular weight is 741 g/mol. The van der Waals surface area contributed by atoms with Gasteiger partial charge in [-0.25, -0.2) is 24.7 Å². The second-order valence-corrected chi connectivity index (χ2v) is 10.0. The number of aromatic hydroxyl groups is 1.